The summed E-state index contributed by atoms with van der Waals surface area (Å²) < 4.78 is 5.62. The van der Waals surface area contributed by atoms with Crippen molar-refractivity contribution in [2.24, 2.45) is 5.73 Å². The van der Waals surface area contributed by atoms with Crippen molar-refractivity contribution in [2.75, 3.05) is 39.8 Å². The van der Waals surface area contributed by atoms with Crippen LogP contribution >= 0.6 is 0 Å². The number of piperidine rings is 1. The predicted molar refractivity (Wildman–Crippen MR) is 65.5 cm³/mol. The summed E-state index contributed by atoms with van der Waals surface area (Å²) in [5.41, 5.74) is 5.68. The first-order valence-electron chi connectivity index (χ1n) is 6.46. The van der Waals surface area contributed by atoms with Crippen molar-refractivity contribution >= 4 is 0 Å². The van der Waals surface area contributed by atoms with E-state index in [0.29, 0.717) is 12.6 Å². The molecule has 4 heteroatoms. The maximum Gasteiger partial charge on any atom is 0.0824 e. The standard InChI is InChI=1S/C12H25N3O/c1-10-7-11(3-4-14(10)2)15-5-6-16-12(8-13)9-15/h10-12H,3-9,13H2,1-2H3. The normalized spacial score (nSPS) is 38.8. The first-order chi connectivity index (χ1) is 7.70. The topological polar surface area (TPSA) is 41.7 Å². The number of rotatable bonds is 2. The number of hydrogen-bond acceptors (Lipinski definition) is 4. The molecular weight excluding hydrogens is 202 g/mol. The molecule has 3 atom stereocenters. The third-order valence-corrected chi connectivity index (χ3v) is 4.13. The molecule has 0 aromatic carbocycles. The van der Waals surface area contributed by atoms with E-state index in [0.717, 1.165) is 25.7 Å². The van der Waals surface area contributed by atoms with Gasteiger partial charge in [-0.25, -0.2) is 0 Å². The molecule has 0 aliphatic carbocycles. The van der Waals surface area contributed by atoms with E-state index in [2.05, 4.69) is 23.8 Å². The average molecular weight is 227 g/mol. The molecule has 0 aromatic rings. The van der Waals surface area contributed by atoms with E-state index in [1.54, 1.807) is 0 Å². The van der Waals surface area contributed by atoms with Crippen LogP contribution < -0.4 is 5.73 Å². The highest BCUT2D eigenvalue weighted by atomic mass is 16.5. The van der Waals surface area contributed by atoms with Crippen LogP contribution in [0.2, 0.25) is 0 Å². The van der Waals surface area contributed by atoms with Crippen LogP contribution in [-0.4, -0.2) is 67.8 Å². The minimum absolute atomic E-state index is 0.253. The third-order valence-electron chi connectivity index (χ3n) is 4.13. The SMILES string of the molecule is CC1CC(N2CCOC(CN)C2)CCN1C. The Hall–Kier alpha value is -0.160. The van der Waals surface area contributed by atoms with E-state index in [4.69, 9.17) is 10.5 Å². The summed E-state index contributed by atoms with van der Waals surface area (Å²) in [5, 5.41) is 0. The molecule has 3 unspecified atom stereocenters. The van der Waals surface area contributed by atoms with Crippen molar-refractivity contribution < 1.29 is 4.74 Å². The summed E-state index contributed by atoms with van der Waals surface area (Å²) in [6, 6.07) is 1.45. The van der Waals surface area contributed by atoms with E-state index in [1.807, 2.05) is 0 Å². The Kier molecular flexibility index (Phi) is 4.19. The molecule has 16 heavy (non-hydrogen) atoms. The Labute approximate surface area is 98.7 Å². The van der Waals surface area contributed by atoms with Crippen molar-refractivity contribution in [2.45, 2.75) is 38.0 Å². The highest BCUT2D eigenvalue weighted by Gasteiger charge is 2.30. The molecule has 2 saturated heterocycles. The van der Waals surface area contributed by atoms with E-state index in [1.165, 1.54) is 19.4 Å². The molecule has 2 aliphatic rings. The van der Waals surface area contributed by atoms with Crippen LogP contribution in [0.5, 0.6) is 0 Å². The molecule has 2 aliphatic heterocycles. The first-order valence-corrected chi connectivity index (χ1v) is 6.46. The van der Waals surface area contributed by atoms with E-state index in [9.17, 15) is 0 Å². The van der Waals surface area contributed by atoms with Gasteiger partial charge >= 0.3 is 0 Å². The minimum atomic E-state index is 0.253. The zero-order chi connectivity index (χ0) is 11.5. The average Bonchev–Trinajstić information content (AvgIpc) is 2.33. The van der Waals surface area contributed by atoms with Gasteiger partial charge in [-0.05, 0) is 33.4 Å². The predicted octanol–water partition coefficient (Wildman–Crippen LogP) is 0.129. The maximum absolute atomic E-state index is 5.68. The van der Waals surface area contributed by atoms with Gasteiger partial charge in [-0.1, -0.05) is 0 Å². The molecule has 0 spiro atoms. The lowest BCUT2D eigenvalue weighted by Gasteiger charge is -2.43. The Morgan fingerprint density at radius 1 is 1.38 bits per heavy atom. The number of nitrogens with two attached hydrogens (primary N) is 1. The zero-order valence-electron chi connectivity index (χ0n) is 10.6. The summed E-state index contributed by atoms with van der Waals surface area (Å²) >= 11 is 0. The summed E-state index contributed by atoms with van der Waals surface area (Å²) in [6.45, 7) is 7.15. The summed E-state index contributed by atoms with van der Waals surface area (Å²) in [4.78, 5) is 5.04. The molecule has 0 bridgehead atoms. The molecule has 2 N–H and O–H groups in total. The molecule has 2 rings (SSSR count). The van der Waals surface area contributed by atoms with E-state index in [-0.39, 0.29) is 6.10 Å². The molecule has 4 nitrogen and oxygen atoms in total. The Morgan fingerprint density at radius 2 is 2.19 bits per heavy atom. The van der Waals surface area contributed by atoms with E-state index >= 15 is 0 Å². The monoisotopic (exact) mass is 227 g/mol. The zero-order valence-corrected chi connectivity index (χ0v) is 10.6. The van der Waals surface area contributed by atoms with Gasteiger partial charge in [0.2, 0.25) is 0 Å². The molecule has 2 fully saturated rings. The van der Waals surface area contributed by atoms with Crippen LogP contribution in [0.4, 0.5) is 0 Å². The smallest absolute Gasteiger partial charge is 0.0824 e. The number of nitrogens with zero attached hydrogens (tertiary/aromatic N) is 2. The van der Waals surface area contributed by atoms with Crippen LogP contribution in [-0.2, 0) is 4.74 Å². The van der Waals surface area contributed by atoms with E-state index < -0.39 is 0 Å². The van der Waals surface area contributed by atoms with Crippen LogP contribution in [0.25, 0.3) is 0 Å². The van der Waals surface area contributed by atoms with Crippen molar-refractivity contribution in [3.63, 3.8) is 0 Å². The molecule has 0 amide bonds. The van der Waals surface area contributed by atoms with Gasteiger partial charge in [-0.3, -0.25) is 4.90 Å². The van der Waals surface area contributed by atoms with Gasteiger partial charge in [-0.2, -0.15) is 0 Å². The molecule has 0 aromatic heterocycles. The van der Waals surface area contributed by atoms with Gasteiger partial charge in [0, 0.05) is 31.7 Å². The second-order valence-electron chi connectivity index (χ2n) is 5.23. The lowest BCUT2D eigenvalue weighted by atomic mass is 9.96. The second-order valence-corrected chi connectivity index (χ2v) is 5.23. The van der Waals surface area contributed by atoms with Crippen molar-refractivity contribution in [1.29, 1.82) is 0 Å². The number of hydrogen-bond donors (Lipinski definition) is 1. The Bertz CT molecular complexity index is 220. The van der Waals surface area contributed by atoms with Gasteiger partial charge in [0.1, 0.15) is 0 Å². The second kappa shape index (κ2) is 5.45. The van der Waals surface area contributed by atoms with Gasteiger partial charge in [0.25, 0.3) is 0 Å². The Balaban J connectivity index is 1.87. The highest BCUT2D eigenvalue weighted by molar-refractivity contribution is 4.86. The quantitative estimate of drug-likeness (QED) is 0.728. The van der Waals surface area contributed by atoms with Gasteiger partial charge in [0.05, 0.1) is 12.7 Å². The lowest BCUT2D eigenvalue weighted by Crippen LogP contribution is -2.54. The lowest BCUT2D eigenvalue weighted by molar-refractivity contribution is -0.0504. The summed E-state index contributed by atoms with van der Waals surface area (Å²) in [5.74, 6) is 0. The van der Waals surface area contributed by atoms with Gasteiger partial charge in [-0.15, -0.1) is 0 Å². The maximum atomic E-state index is 5.68. The fraction of sp³-hybridized carbons (Fsp3) is 1.00. The fourth-order valence-electron chi connectivity index (χ4n) is 2.81. The summed E-state index contributed by atoms with van der Waals surface area (Å²) in [7, 11) is 2.23. The number of morpholine rings is 1. The Morgan fingerprint density at radius 3 is 2.88 bits per heavy atom. The van der Waals surface area contributed by atoms with Crippen molar-refractivity contribution in [3.8, 4) is 0 Å². The number of ether oxygens (including phenoxy) is 1. The largest absolute Gasteiger partial charge is 0.374 e. The van der Waals surface area contributed by atoms with Crippen LogP contribution in [0.1, 0.15) is 19.8 Å². The molecular formula is C12H25N3O. The molecule has 94 valence electrons. The highest BCUT2D eigenvalue weighted by Crippen LogP contribution is 2.22. The first kappa shape index (κ1) is 12.3. The van der Waals surface area contributed by atoms with Crippen molar-refractivity contribution in [1.82, 2.24) is 9.80 Å². The van der Waals surface area contributed by atoms with Crippen molar-refractivity contribution in [3.05, 3.63) is 0 Å². The molecule has 0 radical (unpaired) electrons. The van der Waals surface area contributed by atoms with Crippen LogP contribution in [0, 0.1) is 0 Å². The fourth-order valence-corrected chi connectivity index (χ4v) is 2.81. The van der Waals surface area contributed by atoms with Gasteiger partial charge < -0.3 is 15.4 Å². The van der Waals surface area contributed by atoms with Crippen LogP contribution in [0.3, 0.4) is 0 Å². The molecule has 2 heterocycles. The number of likely N-dealkylation sites (tertiary alicyclic amines) is 1. The minimum Gasteiger partial charge on any atom is -0.374 e. The summed E-state index contributed by atoms with van der Waals surface area (Å²) in [6.07, 6.45) is 2.83. The van der Waals surface area contributed by atoms with Crippen LogP contribution in [0.15, 0.2) is 0 Å². The third kappa shape index (κ3) is 2.74. The molecule has 0 saturated carbocycles. The van der Waals surface area contributed by atoms with Gasteiger partial charge in [0.15, 0.2) is 0 Å².